The first-order valence-corrected chi connectivity index (χ1v) is 10.9. The number of thiophene rings is 1. The Hall–Kier alpha value is -1.81. The quantitative estimate of drug-likeness (QED) is 0.356. The van der Waals surface area contributed by atoms with Gasteiger partial charge < -0.3 is 20.4 Å². The first-order chi connectivity index (χ1) is 13.8. The van der Waals surface area contributed by atoms with Crippen LogP contribution >= 0.6 is 35.3 Å². The molecule has 0 aliphatic carbocycles. The van der Waals surface area contributed by atoms with E-state index in [-0.39, 0.29) is 35.8 Å². The molecule has 156 valence electrons. The zero-order chi connectivity index (χ0) is 19.3. The molecule has 3 heterocycles. The molecule has 2 aromatic rings. The molecule has 1 unspecified atom stereocenters. The fourth-order valence-electron chi connectivity index (χ4n) is 3.88. The summed E-state index contributed by atoms with van der Waals surface area (Å²) in [6.07, 6.45) is 0.729. The second-order valence-corrected chi connectivity index (χ2v) is 8.00. The Labute approximate surface area is 193 Å². The summed E-state index contributed by atoms with van der Waals surface area (Å²) in [7, 11) is 0. The van der Waals surface area contributed by atoms with Gasteiger partial charge in [0.2, 0.25) is 5.91 Å². The zero-order valence-electron chi connectivity index (χ0n) is 16.6. The summed E-state index contributed by atoms with van der Waals surface area (Å²) in [6, 6.07) is 12.2. The Morgan fingerprint density at radius 2 is 2.00 bits per heavy atom. The van der Waals surface area contributed by atoms with Gasteiger partial charge in [-0.3, -0.25) is 9.79 Å². The summed E-state index contributed by atoms with van der Waals surface area (Å²) >= 11 is 1.80. The Bertz CT molecular complexity index is 833. The highest BCUT2D eigenvalue weighted by Crippen LogP contribution is 2.34. The van der Waals surface area contributed by atoms with E-state index < -0.39 is 0 Å². The van der Waals surface area contributed by atoms with Crippen molar-refractivity contribution in [3.05, 3.63) is 47.3 Å². The molecule has 2 N–H and O–H groups in total. The van der Waals surface area contributed by atoms with E-state index in [1.807, 2.05) is 24.3 Å². The van der Waals surface area contributed by atoms with Crippen molar-refractivity contribution in [3.63, 3.8) is 0 Å². The number of anilines is 2. The number of nitrogens with one attached hydrogen (secondary N) is 2. The lowest BCUT2D eigenvalue weighted by Crippen LogP contribution is -2.52. The Morgan fingerprint density at radius 1 is 1.21 bits per heavy atom. The molecule has 4 rings (SSSR count). The number of carbonyl (C=O) groups excluding carboxylic acids is 1. The summed E-state index contributed by atoms with van der Waals surface area (Å²) in [4.78, 5) is 21.9. The third-order valence-corrected chi connectivity index (χ3v) is 6.25. The van der Waals surface area contributed by atoms with Gasteiger partial charge in [0.25, 0.3) is 0 Å². The standard InChI is InChI=1S/C21H27N5OS.HI/c1-2-22-21(26-13-11-25(12-14-26)19-8-5-15-28-19)23-10-9-17-16-6-3-4-7-18(16)24-20(17)27;/h3-8,15,17H,2,9-14H2,1H3,(H,22,23)(H,24,27);1H. The van der Waals surface area contributed by atoms with Crippen LogP contribution in [0.1, 0.15) is 24.8 Å². The molecule has 0 radical (unpaired) electrons. The van der Waals surface area contributed by atoms with Gasteiger partial charge in [0.15, 0.2) is 5.96 Å². The number of aliphatic imine (C=N–C) groups is 1. The van der Waals surface area contributed by atoms with E-state index >= 15 is 0 Å². The molecule has 1 amide bonds. The number of halogens is 1. The molecule has 0 saturated carbocycles. The van der Waals surface area contributed by atoms with E-state index in [9.17, 15) is 4.79 Å². The zero-order valence-corrected chi connectivity index (χ0v) is 19.8. The molecule has 8 heteroatoms. The van der Waals surface area contributed by atoms with E-state index in [4.69, 9.17) is 4.99 Å². The molecule has 29 heavy (non-hydrogen) atoms. The summed E-state index contributed by atoms with van der Waals surface area (Å²) in [5.74, 6) is 0.949. The number of piperazine rings is 1. The van der Waals surface area contributed by atoms with Gasteiger partial charge in [0.05, 0.1) is 10.9 Å². The molecule has 2 aliphatic rings. The van der Waals surface area contributed by atoms with Gasteiger partial charge >= 0.3 is 0 Å². The molecule has 1 fully saturated rings. The fraction of sp³-hybridized carbons (Fsp3) is 0.429. The normalized spacial score (nSPS) is 18.9. The number of nitrogens with zero attached hydrogens (tertiary/aromatic N) is 3. The molecule has 0 spiro atoms. The second kappa shape index (κ2) is 10.3. The van der Waals surface area contributed by atoms with E-state index in [0.717, 1.165) is 56.4 Å². The van der Waals surface area contributed by atoms with Gasteiger partial charge in [-0.2, -0.15) is 0 Å². The van der Waals surface area contributed by atoms with Crippen LogP contribution < -0.4 is 15.5 Å². The number of fused-ring (bicyclic) bond motifs is 1. The minimum absolute atomic E-state index is 0. The monoisotopic (exact) mass is 525 g/mol. The van der Waals surface area contributed by atoms with Crippen molar-refractivity contribution in [2.75, 3.05) is 49.5 Å². The lowest BCUT2D eigenvalue weighted by Gasteiger charge is -2.37. The van der Waals surface area contributed by atoms with Crippen molar-refractivity contribution in [3.8, 4) is 0 Å². The van der Waals surface area contributed by atoms with Crippen LogP contribution in [0.15, 0.2) is 46.8 Å². The first-order valence-electron chi connectivity index (χ1n) is 9.97. The van der Waals surface area contributed by atoms with E-state index in [0.29, 0.717) is 6.54 Å². The van der Waals surface area contributed by atoms with Crippen molar-refractivity contribution in [1.29, 1.82) is 0 Å². The van der Waals surface area contributed by atoms with E-state index in [2.05, 4.69) is 44.9 Å². The fourth-order valence-corrected chi connectivity index (χ4v) is 4.66. The number of carbonyl (C=O) groups is 1. The van der Waals surface area contributed by atoms with Gasteiger partial charge in [0.1, 0.15) is 0 Å². The average Bonchev–Trinajstić information content (AvgIpc) is 3.36. The highest BCUT2D eigenvalue weighted by molar-refractivity contribution is 14.0. The minimum atomic E-state index is -0.0986. The van der Waals surface area contributed by atoms with Crippen LogP contribution in [0, 0.1) is 0 Å². The largest absolute Gasteiger partial charge is 0.360 e. The topological polar surface area (TPSA) is 60.0 Å². The van der Waals surface area contributed by atoms with Gasteiger partial charge in [-0.25, -0.2) is 0 Å². The van der Waals surface area contributed by atoms with E-state index in [1.165, 1.54) is 5.00 Å². The van der Waals surface area contributed by atoms with Crippen molar-refractivity contribution in [2.45, 2.75) is 19.3 Å². The number of rotatable bonds is 5. The summed E-state index contributed by atoms with van der Waals surface area (Å²) in [6.45, 7) is 7.49. The number of amides is 1. The number of benzene rings is 1. The van der Waals surface area contributed by atoms with Gasteiger partial charge in [-0.1, -0.05) is 18.2 Å². The maximum Gasteiger partial charge on any atom is 0.232 e. The third-order valence-electron chi connectivity index (χ3n) is 5.32. The average molecular weight is 525 g/mol. The molecule has 0 bridgehead atoms. The number of hydrogen-bond acceptors (Lipinski definition) is 4. The predicted octanol–water partition coefficient (Wildman–Crippen LogP) is 3.58. The van der Waals surface area contributed by atoms with Crippen LogP contribution in [0.5, 0.6) is 0 Å². The van der Waals surface area contributed by atoms with Crippen molar-refractivity contribution < 1.29 is 4.79 Å². The van der Waals surface area contributed by atoms with E-state index in [1.54, 1.807) is 11.3 Å². The molecule has 1 atom stereocenters. The number of guanidine groups is 1. The van der Waals surface area contributed by atoms with Crippen LogP contribution in [-0.2, 0) is 4.79 Å². The lowest BCUT2D eigenvalue weighted by atomic mass is 9.97. The second-order valence-electron chi connectivity index (χ2n) is 7.08. The molecule has 1 saturated heterocycles. The third kappa shape index (κ3) is 5.03. The molecule has 6 nitrogen and oxygen atoms in total. The van der Waals surface area contributed by atoms with Gasteiger partial charge in [-0.15, -0.1) is 35.3 Å². The summed E-state index contributed by atoms with van der Waals surface area (Å²) in [5.41, 5.74) is 2.04. The highest BCUT2D eigenvalue weighted by atomic mass is 127. The smallest absolute Gasteiger partial charge is 0.232 e. The van der Waals surface area contributed by atoms with Crippen LogP contribution in [0.2, 0.25) is 0 Å². The van der Waals surface area contributed by atoms with Crippen LogP contribution in [0.4, 0.5) is 10.7 Å². The molecule has 1 aromatic heterocycles. The lowest BCUT2D eigenvalue weighted by molar-refractivity contribution is -0.117. The predicted molar refractivity (Wildman–Crippen MR) is 132 cm³/mol. The summed E-state index contributed by atoms with van der Waals surface area (Å²) in [5, 5.41) is 9.86. The Balaban J connectivity index is 0.00000240. The van der Waals surface area contributed by atoms with Crippen molar-refractivity contribution in [1.82, 2.24) is 10.2 Å². The van der Waals surface area contributed by atoms with Crippen molar-refractivity contribution >= 4 is 57.9 Å². The molecular formula is C21H28IN5OS. The van der Waals surface area contributed by atoms with Crippen LogP contribution in [-0.4, -0.2) is 56.0 Å². The first kappa shape index (κ1) is 21.9. The summed E-state index contributed by atoms with van der Waals surface area (Å²) < 4.78 is 0. The number of para-hydroxylation sites is 1. The SMILES string of the molecule is CCNC(=NCCC1C(=O)Nc2ccccc21)N1CCN(c2cccs2)CC1.I. The Kier molecular flexibility index (Phi) is 7.77. The van der Waals surface area contributed by atoms with Crippen LogP contribution in [0.25, 0.3) is 0 Å². The van der Waals surface area contributed by atoms with Gasteiger partial charge in [-0.05, 0) is 42.5 Å². The minimum Gasteiger partial charge on any atom is -0.360 e. The molecular weight excluding hydrogens is 497 g/mol. The Morgan fingerprint density at radius 3 is 2.72 bits per heavy atom. The highest BCUT2D eigenvalue weighted by Gasteiger charge is 2.29. The molecule has 2 aliphatic heterocycles. The number of hydrogen-bond donors (Lipinski definition) is 2. The molecule has 1 aromatic carbocycles. The van der Waals surface area contributed by atoms with Crippen LogP contribution in [0.3, 0.4) is 0 Å². The van der Waals surface area contributed by atoms with Crippen molar-refractivity contribution in [2.24, 2.45) is 4.99 Å². The van der Waals surface area contributed by atoms with Gasteiger partial charge in [0, 0.05) is 45.0 Å². The maximum absolute atomic E-state index is 12.3. The maximum atomic E-state index is 12.3.